The summed E-state index contributed by atoms with van der Waals surface area (Å²) in [5, 5.41) is 0. The van der Waals surface area contributed by atoms with Crippen molar-refractivity contribution in [3.8, 4) is 22.3 Å². The first kappa shape index (κ1) is 37.3. The zero-order valence-corrected chi connectivity index (χ0v) is 31.2. The summed E-state index contributed by atoms with van der Waals surface area (Å²) >= 11 is 0. The fourth-order valence-electron chi connectivity index (χ4n) is 7.48. The minimum Gasteiger partial charge on any atom is -0.381 e. The Morgan fingerprint density at radius 1 is 0.368 bits per heavy atom. The lowest BCUT2D eigenvalue weighted by molar-refractivity contribution is 0.0230. The molecule has 0 saturated heterocycles. The molecule has 0 N–H and O–H groups in total. The maximum absolute atomic E-state index is 13.2. The van der Waals surface area contributed by atoms with Crippen LogP contribution in [-0.2, 0) is 9.47 Å². The third-order valence-electron chi connectivity index (χ3n) is 10.8. The van der Waals surface area contributed by atoms with E-state index in [2.05, 4.69) is 0 Å². The number of unbranched alkanes of at least 4 members (excludes halogenated alkanes) is 2. The molecule has 57 heavy (non-hydrogen) atoms. The minimum atomic E-state index is -0.472. The average molecular weight is 769 g/mol. The van der Waals surface area contributed by atoms with Crippen molar-refractivity contribution < 1.29 is 47.8 Å². The van der Waals surface area contributed by atoms with Gasteiger partial charge in [0.05, 0.1) is 44.5 Å². The smallest absolute Gasteiger partial charge is 0.263 e. The monoisotopic (exact) mass is 768 g/mol. The third kappa shape index (κ3) is 6.42. The molecular formula is C43H36N4O10. The van der Waals surface area contributed by atoms with Crippen molar-refractivity contribution in [2.45, 2.75) is 25.7 Å². The number of carbonyl (C=O) groups is 8. The van der Waals surface area contributed by atoms with Gasteiger partial charge in [0.25, 0.3) is 47.3 Å². The van der Waals surface area contributed by atoms with Crippen LogP contribution in [-0.4, -0.2) is 114 Å². The summed E-state index contributed by atoms with van der Waals surface area (Å²) in [4.78, 5) is 106. The van der Waals surface area contributed by atoms with Gasteiger partial charge in [-0.05, 0) is 96.5 Å². The van der Waals surface area contributed by atoms with Crippen molar-refractivity contribution in [2.24, 2.45) is 0 Å². The van der Waals surface area contributed by atoms with E-state index in [1.807, 2.05) is 0 Å². The number of hydrogen-bond acceptors (Lipinski definition) is 10. The van der Waals surface area contributed by atoms with Gasteiger partial charge in [0.1, 0.15) is 6.73 Å². The molecular weight excluding hydrogens is 732 g/mol. The van der Waals surface area contributed by atoms with Gasteiger partial charge in [0.15, 0.2) is 0 Å². The lowest BCUT2D eigenvalue weighted by Crippen LogP contribution is -2.32. The molecule has 4 aliphatic heterocycles. The Balaban J connectivity index is 0.736. The highest BCUT2D eigenvalue weighted by atomic mass is 16.5. The summed E-state index contributed by atoms with van der Waals surface area (Å²) in [5.41, 5.74) is 4.99. The quantitative estimate of drug-likeness (QED) is 0.127. The van der Waals surface area contributed by atoms with E-state index in [0.717, 1.165) is 14.7 Å². The second-order valence-corrected chi connectivity index (χ2v) is 14.2. The van der Waals surface area contributed by atoms with Crippen LogP contribution in [0.2, 0.25) is 0 Å². The molecule has 0 aromatic heterocycles. The molecule has 8 amide bonds. The Morgan fingerprint density at radius 3 is 1.14 bits per heavy atom. The average Bonchev–Trinajstić information content (AvgIpc) is 3.79. The van der Waals surface area contributed by atoms with Gasteiger partial charge in [-0.15, -0.1) is 0 Å². The van der Waals surface area contributed by atoms with Crippen LogP contribution >= 0.6 is 0 Å². The molecule has 0 atom stereocenters. The fourth-order valence-corrected chi connectivity index (χ4v) is 7.48. The number of ether oxygens (including phenoxy) is 2. The van der Waals surface area contributed by atoms with E-state index >= 15 is 0 Å². The second-order valence-electron chi connectivity index (χ2n) is 14.2. The maximum atomic E-state index is 13.2. The predicted molar refractivity (Wildman–Crippen MR) is 203 cm³/mol. The summed E-state index contributed by atoms with van der Waals surface area (Å²) in [5.74, 6) is -3.15. The number of carbonyl (C=O) groups excluding carboxylic acids is 8. The van der Waals surface area contributed by atoms with E-state index in [-0.39, 0.29) is 53.9 Å². The van der Waals surface area contributed by atoms with Gasteiger partial charge < -0.3 is 9.47 Å². The molecule has 14 nitrogen and oxygen atoms in total. The summed E-state index contributed by atoms with van der Waals surface area (Å²) < 4.78 is 11.4. The van der Waals surface area contributed by atoms with Crippen LogP contribution in [0, 0.1) is 0 Å². The summed E-state index contributed by atoms with van der Waals surface area (Å²) in [6.07, 6.45) is 2.51. The molecule has 0 fully saturated rings. The number of imide groups is 4. The Kier molecular flexibility index (Phi) is 9.67. The van der Waals surface area contributed by atoms with Crippen LogP contribution in [0.4, 0.5) is 0 Å². The Hall–Kier alpha value is -6.64. The van der Waals surface area contributed by atoms with Gasteiger partial charge in [0.2, 0.25) is 0 Å². The van der Waals surface area contributed by atoms with E-state index in [4.69, 9.17) is 9.47 Å². The number of benzene rings is 4. The van der Waals surface area contributed by atoms with Crippen LogP contribution in [0.25, 0.3) is 22.3 Å². The number of rotatable bonds is 14. The normalized spacial score (nSPS) is 15.8. The molecule has 0 radical (unpaired) electrons. The zero-order valence-electron chi connectivity index (χ0n) is 31.2. The topological polar surface area (TPSA) is 168 Å². The lowest BCUT2D eigenvalue weighted by Gasteiger charge is -2.14. The van der Waals surface area contributed by atoms with Crippen molar-refractivity contribution in [1.82, 2.24) is 19.6 Å². The summed E-state index contributed by atoms with van der Waals surface area (Å²) in [7, 11) is 2.86. The Labute approximate surface area is 326 Å². The predicted octanol–water partition coefficient (Wildman–Crippen LogP) is 4.92. The molecule has 0 bridgehead atoms. The highest BCUT2D eigenvalue weighted by molar-refractivity contribution is 6.24. The van der Waals surface area contributed by atoms with Gasteiger partial charge in [0, 0.05) is 40.5 Å². The van der Waals surface area contributed by atoms with Crippen molar-refractivity contribution >= 4 is 47.3 Å². The lowest BCUT2D eigenvalue weighted by atomic mass is 9.97. The van der Waals surface area contributed by atoms with E-state index < -0.39 is 17.7 Å². The molecule has 14 heteroatoms. The molecule has 4 aliphatic rings. The number of amides is 8. The van der Waals surface area contributed by atoms with Gasteiger partial charge in [-0.1, -0.05) is 24.3 Å². The van der Waals surface area contributed by atoms with Crippen LogP contribution in [0.1, 0.15) is 109 Å². The second kappa shape index (κ2) is 14.8. The molecule has 4 aromatic rings. The van der Waals surface area contributed by atoms with Crippen molar-refractivity contribution in [3.63, 3.8) is 0 Å². The minimum absolute atomic E-state index is 0.196. The molecule has 0 saturated carbocycles. The van der Waals surface area contributed by atoms with Crippen LogP contribution in [0.5, 0.6) is 0 Å². The SMILES string of the molecule is CN1C(=O)c2ccc(-c3ccc4c(c3)C(=O)N(CCCCOCCCCOCN3C(=O)c5ccc(-c6ccc7c(c6)C(=O)N(C)C7=O)cc5C3=O)C4=O)cc2C1=O. The van der Waals surface area contributed by atoms with Crippen LogP contribution < -0.4 is 0 Å². The maximum Gasteiger partial charge on any atom is 0.263 e. The Morgan fingerprint density at radius 2 is 0.684 bits per heavy atom. The molecule has 0 unspecified atom stereocenters. The first-order valence-electron chi connectivity index (χ1n) is 18.6. The van der Waals surface area contributed by atoms with E-state index in [9.17, 15) is 38.4 Å². The summed E-state index contributed by atoms with van der Waals surface area (Å²) in [6, 6.07) is 19.8. The third-order valence-corrected chi connectivity index (χ3v) is 10.8. The molecule has 0 aliphatic carbocycles. The number of hydrogen-bond donors (Lipinski definition) is 0. The first-order chi connectivity index (χ1) is 27.5. The highest BCUT2D eigenvalue weighted by Gasteiger charge is 2.38. The standard InChI is InChI=1S/C43H36N4O10/c1-44-36(48)28-11-7-24(19-32(28)38(44)50)26-9-13-30-34(21-26)42(54)46(40(30)52)15-3-4-16-56-17-5-6-18-57-23-47-41(53)31-14-10-27(22-35(31)43(47)55)25-8-12-29-33(20-25)39(51)45(2)37(29)49/h7-14,19-22H,3-6,15-18,23H2,1-2H3. The van der Waals surface area contributed by atoms with Crippen molar-refractivity contribution in [1.29, 1.82) is 0 Å². The Bertz CT molecular complexity index is 2300. The number of fused-ring (bicyclic) bond motifs is 4. The van der Waals surface area contributed by atoms with Gasteiger partial charge >= 0.3 is 0 Å². The first-order valence-corrected chi connectivity index (χ1v) is 18.6. The molecule has 0 spiro atoms. The zero-order chi connectivity index (χ0) is 40.1. The van der Waals surface area contributed by atoms with E-state index in [1.54, 1.807) is 72.8 Å². The molecule has 4 heterocycles. The van der Waals surface area contributed by atoms with Gasteiger partial charge in [-0.2, -0.15) is 0 Å². The van der Waals surface area contributed by atoms with Crippen LogP contribution in [0.15, 0.2) is 72.8 Å². The van der Waals surface area contributed by atoms with Crippen LogP contribution in [0.3, 0.4) is 0 Å². The fraction of sp³-hybridized carbons (Fsp3) is 0.256. The summed E-state index contributed by atoms with van der Waals surface area (Å²) in [6.45, 7) is 1.26. The van der Waals surface area contributed by atoms with E-state index in [0.29, 0.717) is 101 Å². The van der Waals surface area contributed by atoms with Gasteiger partial charge in [-0.25, -0.2) is 4.90 Å². The van der Waals surface area contributed by atoms with E-state index in [1.165, 1.54) is 19.0 Å². The van der Waals surface area contributed by atoms with Crippen molar-refractivity contribution in [3.05, 3.63) is 117 Å². The van der Waals surface area contributed by atoms with Gasteiger partial charge in [-0.3, -0.25) is 53.1 Å². The molecule has 8 rings (SSSR count). The largest absolute Gasteiger partial charge is 0.381 e. The highest BCUT2D eigenvalue weighted by Crippen LogP contribution is 2.34. The number of nitrogens with zero attached hydrogens (tertiary/aromatic N) is 4. The van der Waals surface area contributed by atoms with Crippen molar-refractivity contribution in [2.75, 3.05) is 47.2 Å². The molecule has 288 valence electrons. The molecule has 4 aromatic carbocycles.